The number of para-hydroxylation sites is 2. The topological polar surface area (TPSA) is 46.5 Å². The summed E-state index contributed by atoms with van der Waals surface area (Å²) in [5, 5.41) is 8.61. The van der Waals surface area contributed by atoms with E-state index in [1.807, 2.05) is 0 Å². The number of aliphatic carboxylic acids is 1. The van der Waals surface area contributed by atoms with E-state index in [0.29, 0.717) is 11.3 Å². The second-order valence-corrected chi connectivity index (χ2v) is 3.74. The Hall–Kier alpha value is -2.62. The first-order valence-electron chi connectivity index (χ1n) is 5.59. The Bertz CT molecular complexity index is 620. The third-order valence-corrected chi connectivity index (χ3v) is 2.38. The summed E-state index contributed by atoms with van der Waals surface area (Å²) in [6.45, 7) is 0. The lowest BCUT2D eigenvalue weighted by Crippen LogP contribution is -1.91. The van der Waals surface area contributed by atoms with Gasteiger partial charge in [0.25, 0.3) is 0 Å². The van der Waals surface area contributed by atoms with Gasteiger partial charge in [-0.25, -0.2) is 9.18 Å². The van der Waals surface area contributed by atoms with Crippen LogP contribution in [0.15, 0.2) is 54.6 Å². The summed E-state index contributed by atoms with van der Waals surface area (Å²) in [6, 6.07) is 12.8. The van der Waals surface area contributed by atoms with Gasteiger partial charge in [-0.2, -0.15) is 0 Å². The molecule has 0 bridgehead atoms. The molecular weight excluding hydrogens is 247 g/mol. The molecule has 1 N–H and O–H groups in total. The molecule has 4 heteroatoms. The van der Waals surface area contributed by atoms with Gasteiger partial charge in [0, 0.05) is 11.6 Å². The smallest absolute Gasteiger partial charge is 0.328 e. The van der Waals surface area contributed by atoms with Gasteiger partial charge in [-0.1, -0.05) is 30.3 Å². The second-order valence-electron chi connectivity index (χ2n) is 3.74. The quantitative estimate of drug-likeness (QED) is 0.850. The van der Waals surface area contributed by atoms with Gasteiger partial charge in [0.2, 0.25) is 0 Å². The molecule has 0 amide bonds. The van der Waals surface area contributed by atoms with E-state index in [-0.39, 0.29) is 5.75 Å². The number of benzene rings is 2. The van der Waals surface area contributed by atoms with Gasteiger partial charge in [-0.15, -0.1) is 0 Å². The molecular formula is C15H11FO3. The molecule has 19 heavy (non-hydrogen) atoms. The van der Waals surface area contributed by atoms with Crippen molar-refractivity contribution in [1.29, 1.82) is 0 Å². The van der Waals surface area contributed by atoms with Crippen molar-refractivity contribution in [2.45, 2.75) is 0 Å². The minimum Gasteiger partial charge on any atom is -0.478 e. The minimum absolute atomic E-state index is 0.0960. The lowest BCUT2D eigenvalue weighted by Gasteiger charge is -2.09. The molecule has 96 valence electrons. The summed E-state index contributed by atoms with van der Waals surface area (Å²) in [4.78, 5) is 10.5. The van der Waals surface area contributed by atoms with E-state index >= 15 is 0 Å². The van der Waals surface area contributed by atoms with Gasteiger partial charge in [-0.05, 0) is 24.3 Å². The molecule has 0 aliphatic heterocycles. The molecule has 0 heterocycles. The summed E-state index contributed by atoms with van der Waals surface area (Å²) in [6.07, 6.45) is 2.40. The molecule has 0 aliphatic carbocycles. The Labute approximate surface area is 109 Å². The third-order valence-electron chi connectivity index (χ3n) is 2.38. The molecule has 0 saturated carbocycles. The lowest BCUT2D eigenvalue weighted by molar-refractivity contribution is -0.131. The van der Waals surface area contributed by atoms with Crippen LogP contribution in [0.5, 0.6) is 11.5 Å². The largest absolute Gasteiger partial charge is 0.478 e. The van der Waals surface area contributed by atoms with Crippen LogP contribution < -0.4 is 4.74 Å². The van der Waals surface area contributed by atoms with Gasteiger partial charge in [-0.3, -0.25) is 0 Å². The average Bonchev–Trinajstić information content (AvgIpc) is 2.40. The molecule has 0 atom stereocenters. The Morgan fingerprint density at radius 2 is 1.68 bits per heavy atom. The van der Waals surface area contributed by atoms with Crippen molar-refractivity contribution in [1.82, 2.24) is 0 Å². The SMILES string of the molecule is O=C(O)/C=C/c1ccccc1Oc1ccccc1F. The Morgan fingerprint density at radius 1 is 1.05 bits per heavy atom. The van der Waals surface area contributed by atoms with E-state index in [2.05, 4.69) is 0 Å². The Balaban J connectivity index is 2.30. The molecule has 2 aromatic rings. The van der Waals surface area contributed by atoms with Crippen LogP contribution >= 0.6 is 0 Å². The molecule has 0 aromatic heterocycles. The van der Waals surface area contributed by atoms with Gasteiger partial charge >= 0.3 is 5.97 Å². The number of hydrogen-bond donors (Lipinski definition) is 1. The molecule has 0 radical (unpaired) electrons. The summed E-state index contributed by atoms with van der Waals surface area (Å²) in [5.41, 5.74) is 0.563. The fourth-order valence-corrected chi connectivity index (χ4v) is 1.52. The third kappa shape index (κ3) is 3.42. The van der Waals surface area contributed by atoms with Crippen LogP contribution in [0.4, 0.5) is 4.39 Å². The second kappa shape index (κ2) is 5.82. The zero-order valence-electron chi connectivity index (χ0n) is 9.92. The molecule has 0 spiro atoms. The maximum atomic E-state index is 13.5. The highest BCUT2D eigenvalue weighted by atomic mass is 19.1. The number of carboxylic acids is 1. The molecule has 2 rings (SSSR count). The van der Waals surface area contributed by atoms with Crippen LogP contribution in [0.3, 0.4) is 0 Å². The summed E-state index contributed by atoms with van der Waals surface area (Å²) in [7, 11) is 0. The maximum Gasteiger partial charge on any atom is 0.328 e. The number of carboxylic acid groups (broad SMARTS) is 1. The number of hydrogen-bond acceptors (Lipinski definition) is 2. The van der Waals surface area contributed by atoms with Crippen molar-refractivity contribution >= 4 is 12.0 Å². The number of carbonyl (C=O) groups is 1. The highest BCUT2D eigenvalue weighted by Gasteiger charge is 2.06. The fourth-order valence-electron chi connectivity index (χ4n) is 1.52. The minimum atomic E-state index is -1.05. The fraction of sp³-hybridized carbons (Fsp3) is 0. The number of ether oxygens (including phenoxy) is 1. The van der Waals surface area contributed by atoms with Gasteiger partial charge in [0.1, 0.15) is 5.75 Å². The van der Waals surface area contributed by atoms with E-state index in [4.69, 9.17) is 9.84 Å². The van der Waals surface area contributed by atoms with E-state index < -0.39 is 11.8 Å². The van der Waals surface area contributed by atoms with E-state index in [0.717, 1.165) is 6.08 Å². The van der Waals surface area contributed by atoms with Gasteiger partial charge in [0.15, 0.2) is 11.6 Å². The van der Waals surface area contributed by atoms with Crippen LogP contribution in [0.1, 0.15) is 5.56 Å². The van der Waals surface area contributed by atoms with Crippen LogP contribution in [-0.2, 0) is 4.79 Å². The van der Waals surface area contributed by atoms with Crippen molar-refractivity contribution in [2.24, 2.45) is 0 Å². The summed E-state index contributed by atoms with van der Waals surface area (Å²) >= 11 is 0. The Kier molecular flexibility index (Phi) is 3.93. The molecule has 0 unspecified atom stereocenters. The standard InChI is InChI=1S/C15H11FO3/c16-12-6-2-4-8-14(12)19-13-7-3-1-5-11(13)9-10-15(17)18/h1-10H,(H,17,18)/b10-9+. The zero-order valence-corrected chi connectivity index (χ0v) is 9.92. The molecule has 3 nitrogen and oxygen atoms in total. The van der Waals surface area contributed by atoms with Gasteiger partial charge in [0.05, 0.1) is 0 Å². The first-order valence-corrected chi connectivity index (χ1v) is 5.59. The average molecular weight is 258 g/mol. The predicted molar refractivity (Wildman–Crippen MR) is 69.6 cm³/mol. The van der Waals surface area contributed by atoms with Crippen molar-refractivity contribution in [2.75, 3.05) is 0 Å². The normalized spacial score (nSPS) is 10.6. The van der Waals surface area contributed by atoms with E-state index in [1.54, 1.807) is 36.4 Å². The van der Waals surface area contributed by atoms with E-state index in [1.165, 1.54) is 18.2 Å². The van der Waals surface area contributed by atoms with Crippen LogP contribution in [-0.4, -0.2) is 11.1 Å². The maximum absolute atomic E-state index is 13.5. The summed E-state index contributed by atoms with van der Waals surface area (Å²) < 4.78 is 18.9. The highest BCUT2D eigenvalue weighted by Crippen LogP contribution is 2.27. The first-order chi connectivity index (χ1) is 9.16. The molecule has 0 fully saturated rings. The molecule has 0 aliphatic rings. The van der Waals surface area contributed by atoms with Crippen molar-refractivity contribution in [3.8, 4) is 11.5 Å². The molecule has 2 aromatic carbocycles. The van der Waals surface area contributed by atoms with Crippen molar-refractivity contribution < 1.29 is 19.0 Å². The summed E-state index contributed by atoms with van der Waals surface area (Å²) in [5.74, 6) is -1.04. The monoisotopic (exact) mass is 258 g/mol. The van der Waals surface area contributed by atoms with E-state index in [9.17, 15) is 9.18 Å². The van der Waals surface area contributed by atoms with Crippen LogP contribution in [0.2, 0.25) is 0 Å². The lowest BCUT2D eigenvalue weighted by atomic mass is 10.2. The van der Waals surface area contributed by atoms with Gasteiger partial charge < -0.3 is 9.84 Å². The number of halogens is 1. The zero-order chi connectivity index (χ0) is 13.7. The van der Waals surface area contributed by atoms with Crippen molar-refractivity contribution in [3.05, 3.63) is 66.0 Å². The Morgan fingerprint density at radius 3 is 2.37 bits per heavy atom. The highest BCUT2D eigenvalue weighted by molar-refractivity contribution is 5.85. The number of rotatable bonds is 4. The molecule has 0 saturated heterocycles. The van der Waals surface area contributed by atoms with Crippen LogP contribution in [0.25, 0.3) is 6.08 Å². The predicted octanol–water partition coefficient (Wildman–Crippen LogP) is 3.72. The van der Waals surface area contributed by atoms with Crippen LogP contribution in [0, 0.1) is 5.82 Å². The first kappa shape index (κ1) is 12.8. The van der Waals surface area contributed by atoms with Crippen molar-refractivity contribution in [3.63, 3.8) is 0 Å².